The maximum Gasteiger partial charge on any atom is 0.265 e. The van der Waals surface area contributed by atoms with E-state index in [1.807, 2.05) is 24.1 Å². The summed E-state index contributed by atoms with van der Waals surface area (Å²) in [6, 6.07) is 15.9. The zero-order valence-corrected chi connectivity index (χ0v) is 18.2. The molecule has 0 bridgehead atoms. The molecule has 2 aromatic carbocycles. The number of hydrogen-bond donors (Lipinski definition) is 1. The molecule has 6 heteroatoms. The van der Waals surface area contributed by atoms with E-state index in [4.69, 9.17) is 5.26 Å². The number of fused-ring (bicyclic) bond motifs is 1. The summed E-state index contributed by atoms with van der Waals surface area (Å²) in [4.78, 5) is 16.8. The lowest BCUT2D eigenvalue weighted by atomic mass is 9.78. The fourth-order valence-electron chi connectivity index (χ4n) is 4.64. The average Bonchev–Trinajstić information content (AvgIpc) is 2.84. The van der Waals surface area contributed by atoms with Gasteiger partial charge >= 0.3 is 0 Å². The number of halogens is 1. The molecule has 1 aliphatic rings. The van der Waals surface area contributed by atoms with Crippen LogP contribution in [0.15, 0.2) is 54.7 Å². The number of carbonyl (C=O) groups excluding carboxylic acids is 1. The largest absolute Gasteiger partial charge is 0.285 e. The number of pyridine rings is 1. The second-order valence-electron chi connectivity index (χ2n) is 8.42. The third kappa shape index (κ3) is 4.79. The second kappa shape index (κ2) is 9.88. The van der Waals surface area contributed by atoms with E-state index in [2.05, 4.69) is 16.5 Å². The summed E-state index contributed by atoms with van der Waals surface area (Å²) < 4.78 is 14.1. The van der Waals surface area contributed by atoms with Crippen LogP contribution < -0.4 is 5.43 Å². The molecule has 164 valence electrons. The van der Waals surface area contributed by atoms with Crippen LogP contribution in [0.25, 0.3) is 10.9 Å². The predicted octanol–water partition coefficient (Wildman–Crippen LogP) is 5.19. The van der Waals surface area contributed by atoms with Crippen LogP contribution in [0, 0.1) is 23.1 Å². The van der Waals surface area contributed by atoms with E-state index in [1.54, 1.807) is 36.5 Å². The van der Waals surface area contributed by atoms with Crippen molar-refractivity contribution in [3.05, 3.63) is 77.2 Å². The predicted molar refractivity (Wildman–Crippen MR) is 122 cm³/mol. The highest BCUT2D eigenvalue weighted by Crippen LogP contribution is 2.38. The first-order chi connectivity index (χ1) is 15.6. The Labute approximate surface area is 187 Å². The summed E-state index contributed by atoms with van der Waals surface area (Å²) in [5.74, 6) is 0.476. The lowest BCUT2D eigenvalue weighted by Gasteiger charge is -2.33. The lowest BCUT2D eigenvalue weighted by Crippen LogP contribution is -2.45. The standard InChI is InChI=1S/C26H27FN4O/c1-2-31(30-26(32)21-12-6-18(16-28)7-13-21)17-19-8-10-20(11-9-19)22-14-15-29-25-23(22)4-3-5-24(25)27/h3-7,12-15,19-20H,2,8-11,17H2,1H3,(H,30,32). The number of carbonyl (C=O) groups is 1. The number of rotatable bonds is 6. The summed E-state index contributed by atoms with van der Waals surface area (Å²) in [5.41, 5.74) is 5.73. The molecule has 4 rings (SSSR count). The number of benzene rings is 2. The first-order valence-corrected chi connectivity index (χ1v) is 11.2. The highest BCUT2D eigenvalue weighted by atomic mass is 19.1. The Hall–Kier alpha value is -3.30. The van der Waals surface area contributed by atoms with Crippen molar-refractivity contribution in [2.45, 2.75) is 38.5 Å². The molecular weight excluding hydrogens is 403 g/mol. The molecule has 0 atom stereocenters. The van der Waals surface area contributed by atoms with E-state index in [9.17, 15) is 9.18 Å². The topological polar surface area (TPSA) is 69.0 Å². The van der Waals surface area contributed by atoms with Crippen molar-refractivity contribution in [2.24, 2.45) is 5.92 Å². The number of nitrogens with one attached hydrogen (secondary N) is 1. The molecule has 0 spiro atoms. The van der Waals surface area contributed by atoms with E-state index in [0.29, 0.717) is 28.5 Å². The molecule has 0 radical (unpaired) electrons. The Balaban J connectivity index is 1.35. The summed E-state index contributed by atoms with van der Waals surface area (Å²) in [7, 11) is 0. The van der Waals surface area contributed by atoms with Crippen molar-refractivity contribution in [2.75, 3.05) is 13.1 Å². The Bertz CT molecular complexity index is 1130. The van der Waals surface area contributed by atoms with Gasteiger partial charge in [0.05, 0.1) is 11.6 Å². The van der Waals surface area contributed by atoms with Gasteiger partial charge in [-0.25, -0.2) is 9.40 Å². The summed E-state index contributed by atoms with van der Waals surface area (Å²) >= 11 is 0. The van der Waals surface area contributed by atoms with Crippen LogP contribution >= 0.6 is 0 Å². The zero-order valence-electron chi connectivity index (χ0n) is 18.2. The highest BCUT2D eigenvalue weighted by Gasteiger charge is 2.25. The number of nitriles is 1. The number of aromatic nitrogens is 1. The molecule has 1 saturated carbocycles. The van der Waals surface area contributed by atoms with Crippen LogP contribution in [0.1, 0.15) is 60.0 Å². The Morgan fingerprint density at radius 1 is 1.16 bits per heavy atom. The molecular formula is C26H27FN4O. The lowest BCUT2D eigenvalue weighted by molar-refractivity contribution is 0.0746. The van der Waals surface area contributed by atoms with E-state index in [1.165, 1.54) is 11.6 Å². The van der Waals surface area contributed by atoms with Gasteiger partial charge in [0.2, 0.25) is 0 Å². The van der Waals surface area contributed by atoms with Crippen LogP contribution in [-0.2, 0) is 0 Å². The molecule has 0 saturated heterocycles. The van der Waals surface area contributed by atoms with Crippen molar-refractivity contribution in [3.63, 3.8) is 0 Å². The van der Waals surface area contributed by atoms with Gasteiger partial charge in [0.1, 0.15) is 11.3 Å². The van der Waals surface area contributed by atoms with Gasteiger partial charge in [-0.1, -0.05) is 19.1 Å². The van der Waals surface area contributed by atoms with Crippen molar-refractivity contribution in [1.29, 1.82) is 5.26 Å². The number of hydrazine groups is 1. The van der Waals surface area contributed by atoms with Crippen LogP contribution in [-0.4, -0.2) is 29.0 Å². The summed E-state index contributed by atoms with van der Waals surface area (Å²) in [5, 5.41) is 11.8. The SMILES string of the molecule is CCN(CC1CCC(c2ccnc3c(F)cccc23)CC1)NC(=O)c1ccc(C#N)cc1. The van der Waals surface area contributed by atoms with Gasteiger partial charge in [0, 0.05) is 30.2 Å². The van der Waals surface area contributed by atoms with Crippen LogP contribution in [0.3, 0.4) is 0 Å². The normalized spacial score (nSPS) is 18.4. The number of hydrogen-bond acceptors (Lipinski definition) is 4. The van der Waals surface area contributed by atoms with Gasteiger partial charge in [-0.05, 0) is 79.5 Å². The van der Waals surface area contributed by atoms with Crippen LogP contribution in [0.4, 0.5) is 4.39 Å². The molecule has 0 unspecified atom stereocenters. The summed E-state index contributed by atoms with van der Waals surface area (Å²) in [6.45, 7) is 3.55. The fourth-order valence-corrected chi connectivity index (χ4v) is 4.64. The Morgan fingerprint density at radius 2 is 1.91 bits per heavy atom. The van der Waals surface area contributed by atoms with Crippen molar-refractivity contribution in [1.82, 2.24) is 15.4 Å². The van der Waals surface area contributed by atoms with Gasteiger partial charge in [-0.3, -0.25) is 15.2 Å². The number of nitrogens with zero attached hydrogens (tertiary/aromatic N) is 3. The molecule has 1 aromatic heterocycles. The molecule has 1 fully saturated rings. The average molecular weight is 431 g/mol. The van der Waals surface area contributed by atoms with Crippen LogP contribution in [0.5, 0.6) is 0 Å². The number of para-hydroxylation sites is 1. The van der Waals surface area contributed by atoms with Gasteiger partial charge in [-0.15, -0.1) is 0 Å². The molecule has 0 aliphatic heterocycles. The first-order valence-electron chi connectivity index (χ1n) is 11.2. The fraction of sp³-hybridized carbons (Fsp3) is 0.346. The molecule has 1 N–H and O–H groups in total. The van der Waals surface area contributed by atoms with Gasteiger partial charge < -0.3 is 0 Å². The number of amides is 1. The monoisotopic (exact) mass is 430 g/mol. The first kappa shape index (κ1) is 21.9. The van der Waals surface area contributed by atoms with E-state index in [0.717, 1.165) is 44.2 Å². The van der Waals surface area contributed by atoms with Gasteiger partial charge in [0.25, 0.3) is 5.91 Å². The van der Waals surface area contributed by atoms with Gasteiger partial charge in [0.15, 0.2) is 0 Å². The van der Waals surface area contributed by atoms with Crippen molar-refractivity contribution in [3.8, 4) is 6.07 Å². The third-order valence-corrected chi connectivity index (χ3v) is 6.44. The quantitative estimate of drug-likeness (QED) is 0.547. The smallest absolute Gasteiger partial charge is 0.265 e. The minimum Gasteiger partial charge on any atom is -0.285 e. The molecule has 5 nitrogen and oxygen atoms in total. The molecule has 1 heterocycles. The zero-order chi connectivity index (χ0) is 22.5. The summed E-state index contributed by atoms with van der Waals surface area (Å²) in [6.07, 6.45) is 5.92. The minimum absolute atomic E-state index is 0.157. The van der Waals surface area contributed by atoms with Crippen molar-refractivity contribution >= 4 is 16.8 Å². The van der Waals surface area contributed by atoms with Crippen molar-refractivity contribution < 1.29 is 9.18 Å². The van der Waals surface area contributed by atoms with E-state index in [-0.39, 0.29) is 11.7 Å². The third-order valence-electron chi connectivity index (χ3n) is 6.44. The molecule has 1 amide bonds. The minimum atomic E-state index is -0.269. The maximum atomic E-state index is 14.1. The molecule has 3 aromatic rings. The van der Waals surface area contributed by atoms with E-state index >= 15 is 0 Å². The second-order valence-corrected chi connectivity index (χ2v) is 8.42. The molecule has 1 aliphatic carbocycles. The van der Waals surface area contributed by atoms with Gasteiger partial charge in [-0.2, -0.15) is 5.26 Å². The maximum absolute atomic E-state index is 14.1. The Kier molecular flexibility index (Phi) is 6.77. The Morgan fingerprint density at radius 3 is 2.59 bits per heavy atom. The molecule has 32 heavy (non-hydrogen) atoms. The van der Waals surface area contributed by atoms with Crippen LogP contribution in [0.2, 0.25) is 0 Å². The highest BCUT2D eigenvalue weighted by molar-refractivity contribution is 5.93. The van der Waals surface area contributed by atoms with E-state index < -0.39 is 0 Å².